The van der Waals surface area contributed by atoms with Crippen molar-refractivity contribution in [2.75, 3.05) is 6.54 Å². The van der Waals surface area contributed by atoms with Crippen molar-refractivity contribution in [2.24, 2.45) is 0 Å². The lowest BCUT2D eigenvalue weighted by Crippen LogP contribution is -2.24. The summed E-state index contributed by atoms with van der Waals surface area (Å²) in [5.41, 5.74) is 2.44. The van der Waals surface area contributed by atoms with E-state index < -0.39 is 0 Å². The number of hydrogen-bond acceptors (Lipinski definition) is 3. The second-order valence-corrected chi connectivity index (χ2v) is 5.02. The molecule has 0 bridgehead atoms. The molecule has 4 nitrogen and oxygen atoms in total. The molecule has 0 aromatic carbocycles. The molecule has 20 heavy (non-hydrogen) atoms. The molecule has 110 valence electrons. The first-order chi connectivity index (χ1) is 9.78. The van der Waals surface area contributed by atoms with Gasteiger partial charge in [-0.05, 0) is 44.5 Å². The normalized spacial score (nSPS) is 12.8. The summed E-state index contributed by atoms with van der Waals surface area (Å²) in [5, 5.41) is 8.18. The minimum Gasteiger partial charge on any atom is -0.468 e. The van der Waals surface area contributed by atoms with Crippen LogP contribution in [-0.2, 0) is 19.4 Å². The van der Waals surface area contributed by atoms with Gasteiger partial charge in [0, 0.05) is 18.7 Å². The number of rotatable bonds is 8. The zero-order valence-electron chi connectivity index (χ0n) is 12.7. The Balaban J connectivity index is 2.16. The van der Waals surface area contributed by atoms with E-state index in [-0.39, 0.29) is 6.04 Å². The van der Waals surface area contributed by atoms with Gasteiger partial charge in [-0.3, -0.25) is 4.68 Å². The molecule has 0 fully saturated rings. The lowest BCUT2D eigenvalue weighted by Gasteiger charge is -2.16. The highest BCUT2D eigenvalue weighted by atomic mass is 16.3. The fourth-order valence-electron chi connectivity index (χ4n) is 2.42. The molecular formula is C16H25N3O. The summed E-state index contributed by atoms with van der Waals surface area (Å²) in [6.07, 6.45) is 4.75. The zero-order valence-corrected chi connectivity index (χ0v) is 12.7. The molecule has 0 saturated heterocycles. The summed E-state index contributed by atoms with van der Waals surface area (Å²) in [4.78, 5) is 0. The van der Waals surface area contributed by atoms with Crippen LogP contribution in [0.4, 0.5) is 0 Å². The van der Waals surface area contributed by atoms with Crippen molar-refractivity contribution in [1.82, 2.24) is 15.1 Å². The van der Waals surface area contributed by atoms with Crippen molar-refractivity contribution in [3.8, 4) is 0 Å². The molecule has 0 spiro atoms. The summed E-state index contributed by atoms with van der Waals surface area (Å²) in [5.74, 6) is 1.00. The molecule has 2 rings (SSSR count). The van der Waals surface area contributed by atoms with E-state index in [0.29, 0.717) is 0 Å². The molecule has 2 heterocycles. The third kappa shape index (κ3) is 3.51. The molecule has 4 heteroatoms. The van der Waals surface area contributed by atoms with Crippen LogP contribution in [0, 0.1) is 0 Å². The second-order valence-electron chi connectivity index (χ2n) is 5.02. The number of nitrogens with one attached hydrogen (secondary N) is 1. The molecule has 0 aliphatic rings. The van der Waals surface area contributed by atoms with Crippen molar-refractivity contribution in [2.45, 2.75) is 52.6 Å². The van der Waals surface area contributed by atoms with Crippen molar-refractivity contribution < 1.29 is 4.42 Å². The summed E-state index contributed by atoms with van der Waals surface area (Å²) in [6.45, 7) is 8.36. The monoisotopic (exact) mass is 275 g/mol. The Bertz CT molecular complexity index is 502. The predicted molar refractivity (Wildman–Crippen MR) is 80.7 cm³/mol. The van der Waals surface area contributed by atoms with E-state index in [1.807, 2.05) is 12.1 Å². The van der Waals surface area contributed by atoms with Crippen LogP contribution in [0.25, 0.3) is 0 Å². The third-order valence-electron chi connectivity index (χ3n) is 3.52. The highest BCUT2D eigenvalue weighted by Crippen LogP contribution is 2.20. The first-order valence-electron chi connectivity index (χ1n) is 7.60. The fraction of sp³-hybridized carbons (Fsp3) is 0.562. The smallest absolute Gasteiger partial charge is 0.121 e. The van der Waals surface area contributed by atoms with Gasteiger partial charge in [-0.1, -0.05) is 13.8 Å². The largest absolute Gasteiger partial charge is 0.468 e. The SMILES string of the molecule is CCCNC(Cc1cc(CC)nn1CC)c1ccco1. The van der Waals surface area contributed by atoms with Crippen molar-refractivity contribution in [1.29, 1.82) is 0 Å². The lowest BCUT2D eigenvalue weighted by molar-refractivity contribution is 0.403. The lowest BCUT2D eigenvalue weighted by atomic mass is 10.1. The minimum absolute atomic E-state index is 0.219. The topological polar surface area (TPSA) is 43.0 Å². The molecule has 0 aliphatic carbocycles. The number of furan rings is 1. The maximum Gasteiger partial charge on any atom is 0.121 e. The van der Waals surface area contributed by atoms with E-state index in [4.69, 9.17) is 4.42 Å². The van der Waals surface area contributed by atoms with Crippen LogP contribution in [-0.4, -0.2) is 16.3 Å². The average molecular weight is 275 g/mol. The van der Waals surface area contributed by atoms with Crippen LogP contribution in [0.15, 0.2) is 28.9 Å². The van der Waals surface area contributed by atoms with Gasteiger partial charge < -0.3 is 9.73 Å². The minimum atomic E-state index is 0.219. The van der Waals surface area contributed by atoms with Gasteiger partial charge in [-0.2, -0.15) is 5.10 Å². The summed E-state index contributed by atoms with van der Waals surface area (Å²) >= 11 is 0. The highest BCUT2D eigenvalue weighted by molar-refractivity contribution is 5.15. The van der Waals surface area contributed by atoms with Crippen LogP contribution < -0.4 is 5.32 Å². The van der Waals surface area contributed by atoms with E-state index in [9.17, 15) is 0 Å². The Morgan fingerprint density at radius 2 is 2.20 bits per heavy atom. The van der Waals surface area contributed by atoms with Gasteiger partial charge in [0.15, 0.2) is 0 Å². The molecule has 0 aliphatic heterocycles. The number of aromatic nitrogens is 2. The van der Waals surface area contributed by atoms with E-state index in [1.165, 1.54) is 5.69 Å². The Morgan fingerprint density at radius 1 is 1.35 bits per heavy atom. The Morgan fingerprint density at radius 3 is 2.80 bits per heavy atom. The molecular weight excluding hydrogens is 250 g/mol. The van der Waals surface area contributed by atoms with Gasteiger partial charge >= 0.3 is 0 Å². The van der Waals surface area contributed by atoms with Gasteiger partial charge in [0.2, 0.25) is 0 Å². The second kappa shape index (κ2) is 7.29. The van der Waals surface area contributed by atoms with E-state index in [1.54, 1.807) is 6.26 Å². The maximum absolute atomic E-state index is 5.58. The van der Waals surface area contributed by atoms with E-state index in [2.05, 4.69) is 41.9 Å². The van der Waals surface area contributed by atoms with Crippen LogP contribution in [0.3, 0.4) is 0 Å². The molecule has 0 amide bonds. The van der Waals surface area contributed by atoms with E-state index >= 15 is 0 Å². The summed E-state index contributed by atoms with van der Waals surface area (Å²) < 4.78 is 7.68. The number of aryl methyl sites for hydroxylation is 2. The Hall–Kier alpha value is -1.55. The number of hydrogen-bond donors (Lipinski definition) is 1. The van der Waals surface area contributed by atoms with Gasteiger partial charge in [-0.15, -0.1) is 0 Å². The molecule has 1 unspecified atom stereocenters. The van der Waals surface area contributed by atoms with Gasteiger partial charge in [0.1, 0.15) is 5.76 Å². The fourth-order valence-corrected chi connectivity index (χ4v) is 2.42. The molecule has 0 saturated carbocycles. The molecule has 1 atom stereocenters. The molecule has 1 N–H and O–H groups in total. The van der Waals surface area contributed by atoms with Crippen LogP contribution >= 0.6 is 0 Å². The summed E-state index contributed by atoms with van der Waals surface area (Å²) in [7, 11) is 0. The van der Waals surface area contributed by atoms with Crippen molar-refractivity contribution >= 4 is 0 Å². The van der Waals surface area contributed by atoms with Crippen LogP contribution in [0.1, 0.15) is 50.4 Å². The maximum atomic E-state index is 5.58. The highest BCUT2D eigenvalue weighted by Gasteiger charge is 2.17. The molecule has 0 radical (unpaired) electrons. The van der Waals surface area contributed by atoms with Crippen molar-refractivity contribution in [3.05, 3.63) is 41.6 Å². The predicted octanol–water partition coefficient (Wildman–Crippen LogP) is 3.34. The van der Waals surface area contributed by atoms with Crippen LogP contribution in [0.5, 0.6) is 0 Å². The number of nitrogens with zero attached hydrogens (tertiary/aromatic N) is 2. The Labute approximate surface area is 121 Å². The zero-order chi connectivity index (χ0) is 14.4. The quantitative estimate of drug-likeness (QED) is 0.803. The summed E-state index contributed by atoms with van der Waals surface area (Å²) in [6, 6.07) is 6.43. The Kier molecular flexibility index (Phi) is 5.41. The average Bonchev–Trinajstić information content (AvgIpc) is 3.12. The third-order valence-corrected chi connectivity index (χ3v) is 3.52. The van der Waals surface area contributed by atoms with Gasteiger partial charge in [0.25, 0.3) is 0 Å². The molecule has 2 aromatic heterocycles. The standard InChI is InChI=1S/C16H25N3O/c1-4-9-17-15(16-8-7-10-20-16)12-14-11-13(5-2)18-19(14)6-3/h7-8,10-11,15,17H,4-6,9,12H2,1-3H3. The van der Waals surface area contributed by atoms with Crippen molar-refractivity contribution in [3.63, 3.8) is 0 Å². The van der Waals surface area contributed by atoms with Gasteiger partial charge in [0.05, 0.1) is 18.0 Å². The first kappa shape index (κ1) is 14.9. The first-order valence-corrected chi connectivity index (χ1v) is 7.60. The van der Waals surface area contributed by atoms with E-state index in [0.717, 1.165) is 43.8 Å². The molecule has 2 aromatic rings. The van der Waals surface area contributed by atoms with Crippen LogP contribution in [0.2, 0.25) is 0 Å². The van der Waals surface area contributed by atoms with Gasteiger partial charge in [-0.25, -0.2) is 0 Å².